The van der Waals surface area contributed by atoms with Crippen molar-refractivity contribution in [1.82, 2.24) is 9.78 Å². The second-order valence-electron chi connectivity index (χ2n) is 4.10. The SMILES string of the molecule is O=C(O)c1c(C(F)(F)F)nn(Cc2ccc(F)cc2)c1Cl. The highest BCUT2D eigenvalue weighted by Gasteiger charge is 2.41. The standard InChI is InChI=1S/C12H7ClF4N2O2/c13-10-8(11(20)21)9(12(15,16)17)18-19(10)5-6-1-3-7(14)4-2-6/h1-4H,5H2,(H,20,21). The van der Waals surface area contributed by atoms with Gasteiger partial charge in [0, 0.05) is 0 Å². The van der Waals surface area contributed by atoms with E-state index in [2.05, 4.69) is 5.10 Å². The van der Waals surface area contributed by atoms with Crippen molar-refractivity contribution in [2.75, 3.05) is 0 Å². The van der Waals surface area contributed by atoms with Gasteiger partial charge in [0.15, 0.2) is 5.69 Å². The van der Waals surface area contributed by atoms with Crippen LogP contribution in [-0.4, -0.2) is 20.9 Å². The van der Waals surface area contributed by atoms with Gasteiger partial charge in [-0.2, -0.15) is 18.3 Å². The zero-order valence-electron chi connectivity index (χ0n) is 10.2. The molecular weight excluding hydrogens is 316 g/mol. The van der Waals surface area contributed by atoms with Gasteiger partial charge in [-0.3, -0.25) is 0 Å². The number of aromatic carboxylic acids is 1. The summed E-state index contributed by atoms with van der Waals surface area (Å²) in [6.45, 7) is -0.213. The minimum atomic E-state index is -4.94. The van der Waals surface area contributed by atoms with E-state index in [4.69, 9.17) is 16.7 Å². The number of carboxylic acids is 1. The molecule has 2 rings (SSSR count). The average Bonchev–Trinajstić information content (AvgIpc) is 2.70. The first-order valence-corrected chi connectivity index (χ1v) is 5.89. The molecule has 0 saturated carbocycles. The molecule has 112 valence electrons. The van der Waals surface area contributed by atoms with Crippen molar-refractivity contribution in [2.45, 2.75) is 12.7 Å². The Morgan fingerprint density at radius 1 is 1.29 bits per heavy atom. The zero-order chi connectivity index (χ0) is 15.8. The number of hydrogen-bond donors (Lipinski definition) is 1. The number of alkyl halides is 3. The van der Waals surface area contributed by atoms with Crippen LogP contribution >= 0.6 is 11.6 Å². The molecule has 0 aliphatic rings. The molecule has 0 unspecified atom stereocenters. The Labute approximate surface area is 120 Å². The molecule has 9 heteroatoms. The Balaban J connectivity index is 2.45. The Kier molecular flexibility index (Phi) is 3.91. The molecule has 0 radical (unpaired) electrons. The number of nitrogens with zero attached hydrogens (tertiary/aromatic N) is 2. The molecule has 0 atom stereocenters. The number of aromatic nitrogens is 2. The van der Waals surface area contributed by atoms with E-state index in [0.717, 1.165) is 12.1 Å². The molecule has 1 N–H and O–H groups in total. The number of carbonyl (C=O) groups is 1. The highest BCUT2D eigenvalue weighted by molar-refractivity contribution is 6.32. The number of benzene rings is 1. The summed E-state index contributed by atoms with van der Waals surface area (Å²) in [5.74, 6) is -2.33. The fourth-order valence-electron chi connectivity index (χ4n) is 1.70. The van der Waals surface area contributed by atoms with Gasteiger partial charge in [-0.05, 0) is 17.7 Å². The summed E-state index contributed by atoms with van der Waals surface area (Å²) >= 11 is 5.66. The molecule has 1 aromatic carbocycles. The van der Waals surface area contributed by atoms with Crippen molar-refractivity contribution >= 4 is 17.6 Å². The van der Waals surface area contributed by atoms with Gasteiger partial charge in [-0.25, -0.2) is 13.9 Å². The van der Waals surface area contributed by atoms with E-state index in [1.54, 1.807) is 0 Å². The quantitative estimate of drug-likeness (QED) is 0.881. The number of carboxylic acid groups (broad SMARTS) is 1. The van der Waals surface area contributed by atoms with Gasteiger partial charge < -0.3 is 5.11 Å². The molecule has 2 aromatic rings. The molecule has 21 heavy (non-hydrogen) atoms. The molecule has 0 aliphatic heterocycles. The topological polar surface area (TPSA) is 55.1 Å². The molecule has 0 amide bonds. The highest BCUT2D eigenvalue weighted by atomic mass is 35.5. The zero-order valence-corrected chi connectivity index (χ0v) is 10.9. The third kappa shape index (κ3) is 3.15. The van der Waals surface area contributed by atoms with Crippen molar-refractivity contribution in [2.24, 2.45) is 0 Å². The predicted octanol–water partition coefficient (Wildman–Crippen LogP) is 3.44. The summed E-state index contributed by atoms with van der Waals surface area (Å²) in [4.78, 5) is 10.9. The minimum Gasteiger partial charge on any atom is -0.478 e. The van der Waals surface area contributed by atoms with Crippen LogP contribution in [0.5, 0.6) is 0 Å². The lowest BCUT2D eigenvalue weighted by atomic mass is 10.2. The fourth-order valence-corrected chi connectivity index (χ4v) is 1.96. The molecule has 0 spiro atoms. The van der Waals surface area contributed by atoms with Gasteiger partial charge in [0.2, 0.25) is 0 Å². The predicted molar refractivity (Wildman–Crippen MR) is 64.7 cm³/mol. The molecule has 4 nitrogen and oxygen atoms in total. The van der Waals surface area contributed by atoms with Crippen molar-refractivity contribution in [1.29, 1.82) is 0 Å². The van der Waals surface area contributed by atoms with Crippen LogP contribution in [-0.2, 0) is 12.7 Å². The number of rotatable bonds is 3. The smallest absolute Gasteiger partial charge is 0.436 e. The first-order chi connectivity index (χ1) is 9.70. The second kappa shape index (κ2) is 5.36. The van der Waals surface area contributed by atoms with E-state index < -0.39 is 34.4 Å². The minimum absolute atomic E-state index is 0.213. The molecule has 1 aromatic heterocycles. The van der Waals surface area contributed by atoms with Crippen LogP contribution in [0.15, 0.2) is 24.3 Å². The monoisotopic (exact) mass is 322 g/mol. The van der Waals surface area contributed by atoms with Gasteiger partial charge >= 0.3 is 12.1 Å². The van der Waals surface area contributed by atoms with E-state index in [1.807, 2.05) is 0 Å². The van der Waals surface area contributed by atoms with Crippen LogP contribution in [0.1, 0.15) is 21.6 Å². The van der Waals surface area contributed by atoms with Crippen LogP contribution in [0.2, 0.25) is 5.15 Å². The summed E-state index contributed by atoms with van der Waals surface area (Å²) in [6, 6.07) is 4.91. The number of halogens is 5. The maximum Gasteiger partial charge on any atom is 0.436 e. The Morgan fingerprint density at radius 3 is 2.29 bits per heavy atom. The fraction of sp³-hybridized carbons (Fsp3) is 0.167. The van der Waals surface area contributed by atoms with Crippen LogP contribution in [0.25, 0.3) is 0 Å². The summed E-state index contributed by atoms with van der Waals surface area (Å²) in [7, 11) is 0. The van der Waals surface area contributed by atoms with E-state index in [1.165, 1.54) is 12.1 Å². The van der Waals surface area contributed by atoms with E-state index in [0.29, 0.717) is 10.2 Å². The first-order valence-electron chi connectivity index (χ1n) is 5.51. The Morgan fingerprint density at radius 2 is 1.86 bits per heavy atom. The maximum atomic E-state index is 12.8. The third-order valence-electron chi connectivity index (χ3n) is 2.62. The Bertz CT molecular complexity index is 680. The summed E-state index contributed by atoms with van der Waals surface area (Å²) in [5, 5.41) is 11.4. The summed E-state index contributed by atoms with van der Waals surface area (Å²) < 4.78 is 51.7. The van der Waals surface area contributed by atoms with Crippen LogP contribution in [0.3, 0.4) is 0 Å². The van der Waals surface area contributed by atoms with Crippen molar-refractivity contribution < 1.29 is 27.5 Å². The summed E-state index contributed by atoms with van der Waals surface area (Å²) in [6.07, 6.45) is -4.94. The largest absolute Gasteiger partial charge is 0.478 e. The summed E-state index contributed by atoms with van der Waals surface area (Å²) in [5.41, 5.74) is -2.25. The van der Waals surface area contributed by atoms with E-state index >= 15 is 0 Å². The van der Waals surface area contributed by atoms with Gasteiger partial charge in [0.25, 0.3) is 0 Å². The Hall–Kier alpha value is -2.09. The molecule has 0 fully saturated rings. The van der Waals surface area contributed by atoms with Crippen LogP contribution in [0, 0.1) is 5.82 Å². The van der Waals surface area contributed by atoms with E-state index in [9.17, 15) is 22.4 Å². The normalized spacial score (nSPS) is 11.7. The van der Waals surface area contributed by atoms with Gasteiger partial charge in [-0.15, -0.1) is 0 Å². The van der Waals surface area contributed by atoms with Gasteiger partial charge in [0.1, 0.15) is 16.5 Å². The molecule has 0 aliphatic carbocycles. The average molecular weight is 323 g/mol. The van der Waals surface area contributed by atoms with Gasteiger partial charge in [0.05, 0.1) is 6.54 Å². The lowest BCUT2D eigenvalue weighted by Crippen LogP contribution is -2.12. The van der Waals surface area contributed by atoms with Crippen molar-refractivity contribution in [3.63, 3.8) is 0 Å². The third-order valence-corrected chi connectivity index (χ3v) is 3.00. The second-order valence-corrected chi connectivity index (χ2v) is 4.46. The molecular formula is C12H7ClF4N2O2. The van der Waals surface area contributed by atoms with E-state index in [-0.39, 0.29) is 6.54 Å². The van der Waals surface area contributed by atoms with Crippen LogP contribution in [0.4, 0.5) is 17.6 Å². The molecule has 0 saturated heterocycles. The van der Waals surface area contributed by atoms with Crippen molar-refractivity contribution in [3.8, 4) is 0 Å². The first kappa shape index (κ1) is 15.3. The van der Waals surface area contributed by atoms with Crippen LogP contribution < -0.4 is 0 Å². The lowest BCUT2D eigenvalue weighted by Gasteiger charge is -2.04. The van der Waals surface area contributed by atoms with Gasteiger partial charge in [-0.1, -0.05) is 23.7 Å². The lowest BCUT2D eigenvalue weighted by molar-refractivity contribution is -0.142. The molecule has 1 heterocycles. The maximum absolute atomic E-state index is 12.8. The van der Waals surface area contributed by atoms with Crippen molar-refractivity contribution in [3.05, 3.63) is 52.1 Å². The number of hydrogen-bond acceptors (Lipinski definition) is 2. The highest BCUT2D eigenvalue weighted by Crippen LogP contribution is 2.34. The molecule has 0 bridgehead atoms.